The van der Waals surface area contributed by atoms with E-state index in [0.717, 1.165) is 6.07 Å². The number of halogens is 3. The fourth-order valence-electron chi connectivity index (χ4n) is 1.47. The minimum atomic E-state index is -0.494. The van der Waals surface area contributed by atoms with E-state index in [0.29, 0.717) is 11.0 Å². The molecule has 124 valence electrons. The van der Waals surface area contributed by atoms with Crippen LogP contribution in [0.15, 0.2) is 22.7 Å². The van der Waals surface area contributed by atoms with E-state index in [4.69, 9.17) is 5.73 Å². The molecule has 0 heterocycles. The molecule has 0 aliphatic heterocycles. The number of hydrogen-bond acceptors (Lipinski definition) is 3. The SMILES string of the molecule is CC(C)(N)CNC(=O)CCNC(=O)c1cc(F)ccc1Br.Cl. The lowest BCUT2D eigenvalue weighted by Gasteiger charge is -2.18. The molecule has 1 aromatic rings. The van der Waals surface area contributed by atoms with Crippen molar-refractivity contribution < 1.29 is 14.0 Å². The van der Waals surface area contributed by atoms with Crippen LogP contribution in [-0.2, 0) is 4.79 Å². The van der Waals surface area contributed by atoms with Crippen molar-refractivity contribution in [3.8, 4) is 0 Å². The van der Waals surface area contributed by atoms with Gasteiger partial charge in [0.1, 0.15) is 5.82 Å². The van der Waals surface area contributed by atoms with Gasteiger partial charge in [0.05, 0.1) is 5.56 Å². The first kappa shape index (κ1) is 20.8. The molecule has 0 aliphatic carbocycles. The highest BCUT2D eigenvalue weighted by molar-refractivity contribution is 9.10. The van der Waals surface area contributed by atoms with Crippen LogP contribution in [0.2, 0.25) is 0 Å². The summed E-state index contributed by atoms with van der Waals surface area (Å²) in [6.07, 6.45) is 0.134. The van der Waals surface area contributed by atoms with Crippen molar-refractivity contribution in [2.24, 2.45) is 5.73 Å². The van der Waals surface area contributed by atoms with Crippen molar-refractivity contribution in [3.05, 3.63) is 34.1 Å². The van der Waals surface area contributed by atoms with E-state index in [2.05, 4.69) is 26.6 Å². The van der Waals surface area contributed by atoms with Gasteiger partial charge in [0.25, 0.3) is 5.91 Å². The number of rotatable bonds is 6. The minimum Gasteiger partial charge on any atom is -0.354 e. The Balaban J connectivity index is 0.00000441. The Hall–Kier alpha value is -1.18. The van der Waals surface area contributed by atoms with Crippen LogP contribution in [-0.4, -0.2) is 30.4 Å². The zero-order valence-electron chi connectivity index (χ0n) is 12.4. The Kier molecular flexibility index (Phi) is 8.58. The summed E-state index contributed by atoms with van der Waals surface area (Å²) in [5, 5.41) is 5.24. The van der Waals surface area contributed by atoms with E-state index in [1.165, 1.54) is 12.1 Å². The highest BCUT2D eigenvalue weighted by Gasteiger charge is 2.13. The number of carbonyl (C=O) groups excluding carboxylic acids is 2. The molecule has 0 spiro atoms. The van der Waals surface area contributed by atoms with E-state index < -0.39 is 17.3 Å². The molecule has 0 aromatic heterocycles. The van der Waals surface area contributed by atoms with Gasteiger partial charge in [0.15, 0.2) is 0 Å². The van der Waals surface area contributed by atoms with E-state index >= 15 is 0 Å². The van der Waals surface area contributed by atoms with Gasteiger partial charge in [-0.15, -0.1) is 12.4 Å². The third-order valence-electron chi connectivity index (χ3n) is 2.55. The molecule has 0 fully saturated rings. The van der Waals surface area contributed by atoms with Gasteiger partial charge in [-0.3, -0.25) is 9.59 Å². The van der Waals surface area contributed by atoms with Crippen LogP contribution in [0.5, 0.6) is 0 Å². The molecular weight excluding hydrogens is 377 g/mol. The van der Waals surface area contributed by atoms with Crippen molar-refractivity contribution in [1.82, 2.24) is 10.6 Å². The van der Waals surface area contributed by atoms with Crippen molar-refractivity contribution in [3.63, 3.8) is 0 Å². The molecule has 8 heteroatoms. The second-order valence-corrected chi connectivity index (χ2v) is 6.25. The summed E-state index contributed by atoms with van der Waals surface area (Å²) in [4.78, 5) is 23.4. The normalized spacial score (nSPS) is 10.6. The van der Waals surface area contributed by atoms with Crippen LogP contribution in [0.25, 0.3) is 0 Å². The molecule has 0 saturated heterocycles. The average Bonchev–Trinajstić information content (AvgIpc) is 2.38. The van der Waals surface area contributed by atoms with Crippen LogP contribution >= 0.6 is 28.3 Å². The molecule has 0 radical (unpaired) electrons. The molecule has 0 aliphatic rings. The number of carbonyl (C=O) groups is 2. The lowest BCUT2D eigenvalue weighted by atomic mass is 10.1. The van der Waals surface area contributed by atoms with Gasteiger partial charge in [-0.05, 0) is 48.0 Å². The number of benzene rings is 1. The second-order valence-electron chi connectivity index (χ2n) is 5.40. The fourth-order valence-corrected chi connectivity index (χ4v) is 1.90. The van der Waals surface area contributed by atoms with E-state index in [1.807, 2.05) is 0 Å². The number of nitrogens with one attached hydrogen (secondary N) is 2. The number of hydrogen-bond donors (Lipinski definition) is 3. The number of nitrogens with two attached hydrogens (primary N) is 1. The zero-order chi connectivity index (χ0) is 16.0. The Morgan fingerprint density at radius 2 is 1.95 bits per heavy atom. The molecule has 4 N–H and O–H groups in total. The van der Waals surface area contributed by atoms with Gasteiger partial charge < -0.3 is 16.4 Å². The molecule has 0 unspecified atom stereocenters. The Labute approximate surface area is 143 Å². The Bertz CT molecular complexity index is 535. The fraction of sp³-hybridized carbons (Fsp3) is 0.429. The average molecular weight is 397 g/mol. The largest absolute Gasteiger partial charge is 0.354 e. The van der Waals surface area contributed by atoms with E-state index in [-0.39, 0.29) is 36.8 Å². The van der Waals surface area contributed by atoms with Crippen LogP contribution in [0.3, 0.4) is 0 Å². The quantitative estimate of drug-likeness (QED) is 0.687. The molecule has 0 atom stereocenters. The molecule has 22 heavy (non-hydrogen) atoms. The zero-order valence-corrected chi connectivity index (χ0v) is 14.8. The van der Waals surface area contributed by atoms with Crippen LogP contribution in [0.1, 0.15) is 30.6 Å². The van der Waals surface area contributed by atoms with E-state index in [1.54, 1.807) is 13.8 Å². The molecule has 5 nitrogen and oxygen atoms in total. The Morgan fingerprint density at radius 3 is 2.55 bits per heavy atom. The van der Waals surface area contributed by atoms with Gasteiger partial charge in [0.2, 0.25) is 5.91 Å². The van der Waals surface area contributed by atoms with Gasteiger partial charge >= 0.3 is 0 Å². The maximum absolute atomic E-state index is 13.1. The summed E-state index contributed by atoms with van der Waals surface area (Å²) in [6.45, 7) is 4.13. The first-order chi connectivity index (χ1) is 9.69. The standard InChI is InChI=1S/C14H19BrFN3O2.ClH/c1-14(2,17)8-19-12(20)5-6-18-13(21)10-7-9(16)3-4-11(10)15;/h3-4,7H,5-6,8,17H2,1-2H3,(H,18,21)(H,19,20);1H. The third-order valence-corrected chi connectivity index (χ3v) is 3.24. The summed E-state index contributed by atoms with van der Waals surface area (Å²) in [7, 11) is 0. The minimum absolute atomic E-state index is 0. The van der Waals surface area contributed by atoms with Crippen molar-refractivity contribution in [1.29, 1.82) is 0 Å². The third kappa shape index (κ3) is 7.72. The summed E-state index contributed by atoms with van der Waals surface area (Å²) in [5.74, 6) is -1.13. The molecule has 1 aromatic carbocycles. The van der Waals surface area contributed by atoms with E-state index in [9.17, 15) is 14.0 Å². The predicted molar refractivity (Wildman–Crippen MR) is 89.6 cm³/mol. The maximum Gasteiger partial charge on any atom is 0.252 e. The van der Waals surface area contributed by atoms with Crippen LogP contribution in [0, 0.1) is 5.82 Å². The first-order valence-corrected chi connectivity index (χ1v) is 7.27. The predicted octanol–water partition coefficient (Wildman–Crippen LogP) is 1.98. The summed E-state index contributed by atoms with van der Waals surface area (Å²) < 4.78 is 13.6. The molecule has 1 rings (SSSR count). The summed E-state index contributed by atoms with van der Waals surface area (Å²) in [6, 6.07) is 3.85. The van der Waals surface area contributed by atoms with Crippen molar-refractivity contribution in [2.75, 3.05) is 13.1 Å². The molecule has 0 saturated carbocycles. The molecule has 0 bridgehead atoms. The smallest absolute Gasteiger partial charge is 0.252 e. The lowest BCUT2D eigenvalue weighted by molar-refractivity contribution is -0.121. The number of amides is 2. The van der Waals surface area contributed by atoms with Gasteiger partial charge in [0, 0.05) is 29.5 Å². The second kappa shape index (κ2) is 9.07. The highest BCUT2D eigenvalue weighted by atomic mass is 79.9. The van der Waals surface area contributed by atoms with Crippen molar-refractivity contribution >= 4 is 40.2 Å². The highest BCUT2D eigenvalue weighted by Crippen LogP contribution is 2.17. The molecule has 2 amide bonds. The maximum atomic E-state index is 13.1. The topological polar surface area (TPSA) is 84.2 Å². The van der Waals surface area contributed by atoms with Crippen LogP contribution in [0.4, 0.5) is 4.39 Å². The molecular formula is C14H20BrClFN3O2. The summed E-state index contributed by atoms with van der Waals surface area (Å²) in [5.41, 5.74) is 5.45. The van der Waals surface area contributed by atoms with Gasteiger partial charge in [-0.1, -0.05) is 0 Å². The van der Waals surface area contributed by atoms with Crippen LogP contribution < -0.4 is 16.4 Å². The Morgan fingerprint density at radius 1 is 1.32 bits per heavy atom. The first-order valence-electron chi connectivity index (χ1n) is 6.48. The lowest BCUT2D eigenvalue weighted by Crippen LogP contribution is -2.45. The van der Waals surface area contributed by atoms with Crippen molar-refractivity contribution in [2.45, 2.75) is 25.8 Å². The monoisotopic (exact) mass is 395 g/mol. The summed E-state index contributed by atoms with van der Waals surface area (Å²) >= 11 is 3.18. The van der Waals surface area contributed by atoms with Gasteiger partial charge in [-0.25, -0.2) is 4.39 Å². The van der Waals surface area contributed by atoms with Gasteiger partial charge in [-0.2, -0.15) is 0 Å².